The van der Waals surface area contributed by atoms with Gasteiger partial charge >= 0.3 is 5.97 Å². The second-order valence-electron chi connectivity index (χ2n) is 4.16. The number of nitrogens with one attached hydrogen (secondary N) is 1. The van der Waals surface area contributed by atoms with Crippen LogP contribution in [0.2, 0.25) is 5.02 Å². The van der Waals surface area contributed by atoms with Crippen molar-refractivity contribution in [2.45, 2.75) is 25.5 Å². The Bertz CT molecular complexity index is 436. The molecule has 1 aliphatic heterocycles. The number of aliphatic carboxylic acids is 1. The first-order chi connectivity index (χ1) is 8.06. The Labute approximate surface area is 105 Å². The average Bonchev–Trinajstić information content (AvgIpc) is 2.67. The van der Waals surface area contributed by atoms with Crippen LogP contribution in [0, 0.1) is 0 Å². The van der Waals surface area contributed by atoms with Gasteiger partial charge in [0, 0.05) is 18.0 Å². The minimum absolute atomic E-state index is 0.0229. The van der Waals surface area contributed by atoms with Gasteiger partial charge in [-0.05, 0) is 30.7 Å². The zero-order valence-electron chi connectivity index (χ0n) is 9.44. The van der Waals surface area contributed by atoms with Crippen LogP contribution < -0.4 is 10.1 Å². The Morgan fingerprint density at radius 3 is 3.18 bits per heavy atom. The van der Waals surface area contributed by atoms with Gasteiger partial charge in [-0.25, -0.2) is 0 Å². The fourth-order valence-corrected chi connectivity index (χ4v) is 1.99. The van der Waals surface area contributed by atoms with Gasteiger partial charge in [-0.15, -0.1) is 0 Å². The summed E-state index contributed by atoms with van der Waals surface area (Å²) in [5.41, 5.74) is 1.08. The molecule has 0 aliphatic carbocycles. The first-order valence-electron chi connectivity index (χ1n) is 5.47. The molecule has 1 aromatic rings. The molecule has 1 aliphatic rings. The Hall–Kier alpha value is -1.26. The fourth-order valence-electron chi connectivity index (χ4n) is 1.80. The van der Waals surface area contributed by atoms with E-state index in [4.69, 9.17) is 21.4 Å². The maximum absolute atomic E-state index is 10.6. The van der Waals surface area contributed by atoms with Crippen molar-refractivity contribution in [1.82, 2.24) is 5.32 Å². The lowest BCUT2D eigenvalue weighted by Gasteiger charge is -2.14. The van der Waals surface area contributed by atoms with Crippen LogP contribution in [0.25, 0.3) is 0 Å². The minimum atomic E-state index is -0.858. The molecule has 5 heteroatoms. The standard InChI is InChI=1S/C12H14ClNO3/c1-7(12(15)16)14-6-10-5-8-4-9(13)2-3-11(8)17-10/h2-4,7,10,14H,5-6H2,1H3,(H,15,16)/t7-,10?/m0/s1. The van der Waals surface area contributed by atoms with E-state index in [1.807, 2.05) is 12.1 Å². The lowest BCUT2D eigenvalue weighted by Crippen LogP contribution is -2.40. The number of benzene rings is 1. The number of carboxylic acids is 1. The summed E-state index contributed by atoms with van der Waals surface area (Å²) in [4.78, 5) is 10.6. The van der Waals surface area contributed by atoms with Gasteiger partial charge in [0.15, 0.2) is 0 Å². The second-order valence-corrected chi connectivity index (χ2v) is 4.60. The van der Waals surface area contributed by atoms with Crippen molar-refractivity contribution in [3.63, 3.8) is 0 Å². The Morgan fingerprint density at radius 1 is 1.71 bits per heavy atom. The molecule has 1 aromatic carbocycles. The van der Waals surface area contributed by atoms with E-state index in [-0.39, 0.29) is 6.10 Å². The van der Waals surface area contributed by atoms with E-state index in [0.29, 0.717) is 11.6 Å². The third kappa shape index (κ3) is 2.90. The summed E-state index contributed by atoms with van der Waals surface area (Å²) in [6.07, 6.45) is 0.736. The molecular weight excluding hydrogens is 242 g/mol. The van der Waals surface area contributed by atoms with Crippen LogP contribution >= 0.6 is 11.6 Å². The highest BCUT2D eigenvalue weighted by Crippen LogP contribution is 2.30. The quantitative estimate of drug-likeness (QED) is 0.860. The molecule has 0 spiro atoms. The number of rotatable bonds is 4. The van der Waals surface area contributed by atoms with E-state index in [2.05, 4.69) is 5.32 Å². The highest BCUT2D eigenvalue weighted by Gasteiger charge is 2.23. The van der Waals surface area contributed by atoms with Crippen molar-refractivity contribution in [2.24, 2.45) is 0 Å². The number of hydrogen-bond acceptors (Lipinski definition) is 3. The first kappa shape index (κ1) is 12.2. The highest BCUT2D eigenvalue weighted by atomic mass is 35.5. The molecule has 92 valence electrons. The van der Waals surface area contributed by atoms with E-state index in [1.54, 1.807) is 13.0 Å². The van der Waals surface area contributed by atoms with Crippen LogP contribution in [0.5, 0.6) is 5.75 Å². The molecule has 4 nitrogen and oxygen atoms in total. The van der Waals surface area contributed by atoms with Gasteiger partial charge in [-0.1, -0.05) is 11.6 Å². The predicted molar refractivity (Wildman–Crippen MR) is 64.7 cm³/mol. The molecule has 2 N–H and O–H groups in total. The number of carboxylic acid groups (broad SMARTS) is 1. The molecule has 0 radical (unpaired) electrons. The van der Waals surface area contributed by atoms with Gasteiger partial charge in [0.2, 0.25) is 0 Å². The number of halogens is 1. The summed E-state index contributed by atoms with van der Waals surface area (Å²) in [5, 5.41) is 12.4. The largest absolute Gasteiger partial charge is 0.488 e. The maximum atomic E-state index is 10.6. The van der Waals surface area contributed by atoms with E-state index in [9.17, 15) is 4.79 Å². The lowest BCUT2D eigenvalue weighted by molar-refractivity contribution is -0.139. The summed E-state index contributed by atoms with van der Waals surface area (Å²) in [6.45, 7) is 2.13. The van der Waals surface area contributed by atoms with Gasteiger partial charge in [0.05, 0.1) is 0 Å². The number of hydrogen-bond donors (Lipinski definition) is 2. The van der Waals surface area contributed by atoms with Crippen LogP contribution in [-0.4, -0.2) is 29.8 Å². The van der Waals surface area contributed by atoms with Gasteiger partial charge in [-0.2, -0.15) is 0 Å². The van der Waals surface area contributed by atoms with E-state index in [1.165, 1.54) is 0 Å². The van der Waals surface area contributed by atoms with Crippen LogP contribution in [0.15, 0.2) is 18.2 Å². The van der Waals surface area contributed by atoms with Crippen molar-refractivity contribution in [3.05, 3.63) is 28.8 Å². The Morgan fingerprint density at radius 2 is 2.47 bits per heavy atom. The monoisotopic (exact) mass is 255 g/mol. The van der Waals surface area contributed by atoms with Crippen molar-refractivity contribution < 1.29 is 14.6 Å². The zero-order valence-corrected chi connectivity index (χ0v) is 10.2. The van der Waals surface area contributed by atoms with Crippen molar-refractivity contribution in [2.75, 3.05) is 6.54 Å². The number of fused-ring (bicyclic) bond motifs is 1. The maximum Gasteiger partial charge on any atom is 0.320 e. The first-order valence-corrected chi connectivity index (χ1v) is 5.85. The van der Waals surface area contributed by atoms with Gasteiger partial charge in [0.1, 0.15) is 17.9 Å². The summed E-state index contributed by atoms with van der Waals surface area (Å²) in [5.74, 6) is -0.0206. The smallest absolute Gasteiger partial charge is 0.320 e. The van der Waals surface area contributed by atoms with Crippen LogP contribution in [0.1, 0.15) is 12.5 Å². The normalized spacial score (nSPS) is 19.5. The van der Waals surface area contributed by atoms with Crippen molar-refractivity contribution in [1.29, 1.82) is 0 Å². The van der Waals surface area contributed by atoms with Crippen molar-refractivity contribution in [3.8, 4) is 5.75 Å². The molecule has 0 saturated heterocycles. The predicted octanol–water partition coefficient (Wildman–Crippen LogP) is 1.71. The Kier molecular flexibility index (Phi) is 3.54. The molecule has 0 fully saturated rings. The molecule has 2 atom stereocenters. The SMILES string of the molecule is C[C@H](NCC1Cc2cc(Cl)ccc2O1)C(=O)O. The minimum Gasteiger partial charge on any atom is -0.488 e. The summed E-state index contributed by atoms with van der Waals surface area (Å²) in [6, 6.07) is 4.96. The number of ether oxygens (including phenoxy) is 1. The molecule has 2 rings (SSSR count). The van der Waals surface area contributed by atoms with Gasteiger partial charge in [-0.3, -0.25) is 4.79 Å². The van der Waals surface area contributed by atoms with Crippen LogP contribution in [0.4, 0.5) is 0 Å². The molecular formula is C12H14ClNO3. The van der Waals surface area contributed by atoms with E-state index in [0.717, 1.165) is 17.7 Å². The van der Waals surface area contributed by atoms with Crippen LogP contribution in [-0.2, 0) is 11.2 Å². The van der Waals surface area contributed by atoms with Gasteiger partial charge in [0.25, 0.3) is 0 Å². The third-order valence-electron chi connectivity index (χ3n) is 2.79. The molecule has 0 amide bonds. The molecule has 0 saturated carbocycles. The topological polar surface area (TPSA) is 58.6 Å². The molecule has 0 aromatic heterocycles. The molecule has 1 heterocycles. The van der Waals surface area contributed by atoms with Gasteiger partial charge < -0.3 is 15.2 Å². The second kappa shape index (κ2) is 4.94. The average molecular weight is 256 g/mol. The summed E-state index contributed by atoms with van der Waals surface area (Å²) < 4.78 is 5.68. The Balaban J connectivity index is 1.90. The number of carbonyl (C=O) groups is 1. The summed E-state index contributed by atoms with van der Waals surface area (Å²) >= 11 is 5.89. The van der Waals surface area contributed by atoms with Crippen LogP contribution in [0.3, 0.4) is 0 Å². The third-order valence-corrected chi connectivity index (χ3v) is 3.02. The molecule has 1 unspecified atom stereocenters. The molecule has 0 bridgehead atoms. The van der Waals surface area contributed by atoms with E-state index >= 15 is 0 Å². The van der Waals surface area contributed by atoms with Crippen molar-refractivity contribution >= 4 is 17.6 Å². The lowest BCUT2D eigenvalue weighted by atomic mass is 10.1. The zero-order chi connectivity index (χ0) is 12.4. The molecule has 17 heavy (non-hydrogen) atoms. The van der Waals surface area contributed by atoms with E-state index < -0.39 is 12.0 Å². The highest BCUT2D eigenvalue weighted by molar-refractivity contribution is 6.30. The summed E-state index contributed by atoms with van der Waals surface area (Å²) in [7, 11) is 0. The fraction of sp³-hybridized carbons (Fsp3) is 0.417.